The van der Waals surface area contributed by atoms with Crippen LogP contribution >= 0.6 is 0 Å². The molecule has 0 unspecified atom stereocenters. The van der Waals surface area contributed by atoms with Crippen molar-refractivity contribution in [1.29, 1.82) is 0 Å². The standard InChI is InChI=1S/C17H22N4O3/c1-10(2)16-19-14(24-21-16)7-8-18-17(23)20-15-12-6-4-3-5-11(12)9-13(15)22/h3-6,10,13,15,22H,7-9H2,1-2H3,(H2,18,20,23)/t13-,15+/m0/s1. The van der Waals surface area contributed by atoms with E-state index in [-0.39, 0.29) is 18.0 Å². The Hall–Kier alpha value is -2.41. The van der Waals surface area contributed by atoms with Gasteiger partial charge < -0.3 is 20.3 Å². The van der Waals surface area contributed by atoms with Crippen molar-refractivity contribution in [3.05, 3.63) is 47.1 Å². The van der Waals surface area contributed by atoms with E-state index < -0.39 is 6.10 Å². The maximum absolute atomic E-state index is 12.1. The molecule has 7 nitrogen and oxygen atoms in total. The molecular formula is C17H22N4O3. The van der Waals surface area contributed by atoms with Crippen LogP contribution in [-0.2, 0) is 12.8 Å². The maximum atomic E-state index is 12.1. The zero-order valence-electron chi connectivity index (χ0n) is 13.8. The second-order valence-electron chi connectivity index (χ2n) is 6.30. The van der Waals surface area contributed by atoms with Crippen LogP contribution in [0.5, 0.6) is 0 Å². The quantitative estimate of drug-likeness (QED) is 0.774. The van der Waals surface area contributed by atoms with Gasteiger partial charge >= 0.3 is 6.03 Å². The summed E-state index contributed by atoms with van der Waals surface area (Å²) in [7, 11) is 0. The summed E-state index contributed by atoms with van der Waals surface area (Å²) < 4.78 is 5.13. The Bertz CT molecular complexity index is 713. The summed E-state index contributed by atoms with van der Waals surface area (Å²) in [5.74, 6) is 1.38. The Morgan fingerprint density at radius 1 is 1.42 bits per heavy atom. The fraction of sp³-hybridized carbons (Fsp3) is 0.471. The molecule has 128 valence electrons. The van der Waals surface area contributed by atoms with Crippen molar-refractivity contribution in [2.45, 2.75) is 44.8 Å². The van der Waals surface area contributed by atoms with Crippen molar-refractivity contribution in [2.75, 3.05) is 6.54 Å². The molecule has 1 heterocycles. The molecule has 1 aliphatic rings. The molecule has 0 fully saturated rings. The fourth-order valence-electron chi connectivity index (χ4n) is 2.83. The fourth-order valence-corrected chi connectivity index (χ4v) is 2.83. The molecule has 1 aromatic carbocycles. The minimum Gasteiger partial charge on any atom is -0.390 e. The van der Waals surface area contributed by atoms with E-state index in [1.807, 2.05) is 38.1 Å². The first-order valence-electron chi connectivity index (χ1n) is 8.17. The molecule has 0 aliphatic heterocycles. The topological polar surface area (TPSA) is 100 Å². The Morgan fingerprint density at radius 3 is 2.96 bits per heavy atom. The molecule has 3 rings (SSSR count). The van der Waals surface area contributed by atoms with Crippen LogP contribution in [0.4, 0.5) is 4.79 Å². The SMILES string of the molecule is CC(C)c1noc(CCNC(=O)N[C@@H]2c3ccccc3C[C@@H]2O)n1. The van der Waals surface area contributed by atoms with Crippen LogP contribution in [0.3, 0.4) is 0 Å². The molecule has 0 saturated carbocycles. The molecule has 1 aliphatic carbocycles. The normalized spacial score (nSPS) is 19.3. The third-order valence-electron chi connectivity index (χ3n) is 4.12. The predicted octanol–water partition coefficient (Wildman–Crippen LogP) is 1.69. The van der Waals surface area contributed by atoms with Crippen molar-refractivity contribution in [3.8, 4) is 0 Å². The van der Waals surface area contributed by atoms with Gasteiger partial charge in [-0.1, -0.05) is 43.3 Å². The first-order chi connectivity index (χ1) is 11.5. The highest BCUT2D eigenvalue weighted by Crippen LogP contribution is 2.30. The monoisotopic (exact) mass is 330 g/mol. The van der Waals surface area contributed by atoms with E-state index in [1.165, 1.54) is 0 Å². The number of urea groups is 1. The van der Waals surface area contributed by atoms with E-state index in [4.69, 9.17) is 4.52 Å². The summed E-state index contributed by atoms with van der Waals surface area (Å²) >= 11 is 0. The number of amides is 2. The number of nitrogens with zero attached hydrogens (tertiary/aromatic N) is 2. The third kappa shape index (κ3) is 3.56. The Labute approximate surface area is 140 Å². The van der Waals surface area contributed by atoms with Gasteiger partial charge in [0, 0.05) is 25.3 Å². The summed E-state index contributed by atoms with van der Waals surface area (Å²) in [6, 6.07) is 7.05. The number of hydrogen-bond donors (Lipinski definition) is 3. The molecule has 0 spiro atoms. The molecule has 7 heteroatoms. The van der Waals surface area contributed by atoms with Gasteiger partial charge in [0.2, 0.25) is 5.89 Å². The lowest BCUT2D eigenvalue weighted by atomic mass is 10.1. The summed E-state index contributed by atoms with van der Waals surface area (Å²) in [5, 5.41) is 19.6. The van der Waals surface area contributed by atoms with Crippen molar-refractivity contribution in [3.63, 3.8) is 0 Å². The zero-order valence-corrected chi connectivity index (χ0v) is 13.8. The number of benzene rings is 1. The Balaban J connectivity index is 1.49. The number of rotatable bonds is 5. The summed E-state index contributed by atoms with van der Waals surface area (Å²) in [5.41, 5.74) is 2.04. The smallest absolute Gasteiger partial charge is 0.315 e. The van der Waals surface area contributed by atoms with Crippen LogP contribution in [0.1, 0.15) is 48.6 Å². The number of aromatic nitrogens is 2. The molecule has 2 atom stereocenters. The van der Waals surface area contributed by atoms with E-state index in [0.29, 0.717) is 31.1 Å². The van der Waals surface area contributed by atoms with E-state index in [9.17, 15) is 9.90 Å². The van der Waals surface area contributed by atoms with Gasteiger partial charge in [-0.05, 0) is 11.1 Å². The minimum absolute atomic E-state index is 0.211. The zero-order chi connectivity index (χ0) is 17.1. The predicted molar refractivity (Wildman–Crippen MR) is 87.5 cm³/mol. The maximum Gasteiger partial charge on any atom is 0.315 e. The number of aliphatic hydroxyl groups is 1. The Morgan fingerprint density at radius 2 is 2.21 bits per heavy atom. The molecule has 0 radical (unpaired) electrons. The molecule has 2 aromatic rings. The number of fused-ring (bicyclic) bond motifs is 1. The second-order valence-corrected chi connectivity index (χ2v) is 6.30. The minimum atomic E-state index is -0.599. The van der Waals surface area contributed by atoms with Crippen LogP contribution < -0.4 is 10.6 Å². The summed E-state index contributed by atoms with van der Waals surface area (Å²) in [6.07, 6.45) is 0.426. The van der Waals surface area contributed by atoms with Crippen LogP contribution in [0, 0.1) is 0 Å². The largest absolute Gasteiger partial charge is 0.390 e. The van der Waals surface area contributed by atoms with Crippen LogP contribution in [0.25, 0.3) is 0 Å². The van der Waals surface area contributed by atoms with Gasteiger partial charge in [0.1, 0.15) is 0 Å². The summed E-state index contributed by atoms with van der Waals surface area (Å²) in [4.78, 5) is 16.3. The van der Waals surface area contributed by atoms with Crippen LogP contribution in [0.2, 0.25) is 0 Å². The molecule has 2 amide bonds. The van der Waals surface area contributed by atoms with Gasteiger partial charge in [-0.25, -0.2) is 4.79 Å². The average Bonchev–Trinajstić information content (AvgIpc) is 3.13. The molecule has 0 bridgehead atoms. The first kappa shape index (κ1) is 16.4. The third-order valence-corrected chi connectivity index (χ3v) is 4.12. The van der Waals surface area contributed by atoms with Gasteiger partial charge in [0.15, 0.2) is 5.82 Å². The van der Waals surface area contributed by atoms with Gasteiger partial charge in [-0.15, -0.1) is 0 Å². The Kier molecular flexibility index (Phi) is 4.80. The van der Waals surface area contributed by atoms with E-state index >= 15 is 0 Å². The van der Waals surface area contributed by atoms with Crippen molar-refractivity contribution < 1.29 is 14.4 Å². The number of carbonyl (C=O) groups is 1. The van der Waals surface area contributed by atoms with Gasteiger partial charge in [-0.3, -0.25) is 0 Å². The molecular weight excluding hydrogens is 308 g/mol. The van der Waals surface area contributed by atoms with Crippen LogP contribution in [-0.4, -0.2) is 33.9 Å². The number of carbonyl (C=O) groups excluding carboxylic acids is 1. The molecule has 24 heavy (non-hydrogen) atoms. The number of aliphatic hydroxyl groups excluding tert-OH is 1. The lowest BCUT2D eigenvalue weighted by molar-refractivity contribution is 0.142. The highest BCUT2D eigenvalue weighted by Gasteiger charge is 2.31. The summed E-state index contributed by atoms with van der Waals surface area (Å²) in [6.45, 7) is 4.37. The van der Waals surface area contributed by atoms with E-state index in [2.05, 4.69) is 20.8 Å². The van der Waals surface area contributed by atoms with Gasteiger partial charge in [0.25, 0.3) is 0 Å². The van der Waals surface area contributed by atoms with E-state index in [1.54, 1.807) is 0 Å². The lowest BCUT2D eigenvalue weighted by Crippen LogP contribution is -2.41. The van der Waals surface area contributed by atoms with E-state index in [0.717, 1.165) is 11.1 Å². The molecule has 3 N–H and O–H groups in total. The van der Waals surface area contributed by atoms with Crippen molar-refractivity contribution in [2.24, 2.45) is 0 Å². The lowest BCUT2D eigenvalue weighted by Gasteiger charge is -2.18. The average molecular weight is 330 g/mol. The first-order valence-corrected chi connectivity index (χ1v) is 8.17. The number of nitrogens with one attached hydrogen (secondary N) is 2. The highest BCUT2D eigenvalue weighted by atomic mass is 16.5. The van der Waals surface area contributed by atoms with Crippen LogP contribution in [0.15, 0.2) is 28.8 Å². The highest BCUT2D eigenvalue weighted by molar-refractivity contribution is 5.74. The second kappa shape index (κ2) is 7.00. The van der Waals surface area contributed by atoms with Gasteiger partial charge in [0.05, 0.1) is 12.1 Å². The van der Waals surface area contributed by atoms with Crippen molar-refractivity contribution in [1.82, 2.24) is 20.8 Å². The molecule has 1 aromatic heterocycles. The van der Waals surface area contributed by atoms with Crippen molar-refractivity contribution >= 4 is 6.03 Å². The number of hydrogen-bond acceptors (Lipinski definition) is 5. The van der Waals surface area contributed by atoms with Gasteiger partial charge in [-0.2, -0.15) is 4.98 Å². The molecule has 0 saturated heterocycles.